The van der Waals surface area contributed by atoms with Crippen LogP contribution in [0.2, 0.25) is 0 Å². The molecule has 1 fully saturated rings. The van der Waals surface area contributed by atoms with Gasteiger partial charge in [-0.3, -0.25) is 0 Å². The van der Waals surface area contributed by atoms with Crippen molar-refractivity contribution in [3.8, 4) is 5.75 Å². The number of halogens is 1. The first-order chi connectivity index (χ1) is 11.3. The topological polar surface area (TPSA) is 21.3 Å². The van der Waals surface area contributed by atoms with E-state index in [0.29, 0.717) is 17.9 Å². The molecular weight excluding hydrogens is 289 g/mol. The molecule has 1 aliphatic heterocycles. The summed E-state index contributed by atoms with van der Waals surface area (Å²) in [6.45, 7) is 1.00. The number of hydrogen-bond donors (Lipinski definition) is 1. The van der Waals surface area contributed by atoms with Crippen LogP contribution >= 0.6 is 0 Å². The number of nitrogens with one attached hydrogen (secondary N) is 1. The third-order valence-corrected chi connectivity index (χ3v) is 5.49. The Bertz CT molecular complexity index is 715. The second-order valence-electron chi connectivity index (χ2n) is 6.69. The Morgan fingerprint density at radius 1 is 1.22 bits per heavy atom. The lowest BCUT2D eigenvalue weighted by Gasteiger charge is -2.31. The van der Waals surface area contributed by atoms with E-state index in [0.717, 1.165) is 30.7 Å². The molecule has 2 aliphatic rings. The van der Waals surface area contributed by atoms with Crippen molar-refractivity contribution in [1.82, 2.24) is 5.32 Å². The van der Waals surface area contributed by atoms with Crippen molar-refractivity contribution in [2.75, 3.05) is 13.7 Å². The summed E-state index contributed by atoms with van der Waals surface area (Å²) in [6, 6.07) is 13.8. The maximum absolute atomic E-state index is 13.4. The zero-order chi connectivity index (χ0) is 15.8. The smallest absolute Gasteiger partial charge is 0.123 e. The maximum Gasteiger partial charge on any atom is 0.123 e. The van der Waals surface area contributed by atoms with Crippen LogP contribution in [-0.2, 0) is 12.8 Å². The van der Waals surface area contributed by atoms with Gasteiger partial charge in [0.1, 0.15) is 11.6 Å². The summed E-state index contributed by atoms with van der Waals surface area (Å²) < 4.78 is 19.0. The van der Waals surface area contributed by atoms with Crippen molar-refractivity contribution in [2.24, 2.45) is 5.92 Å². The van der Waals surface area contributed by atoms with Crippen molar-refractivity contribution in [2.45, 2.75) is 31.2 Å². The Balaban J connectivity index is 1.57. The van der Waals surface area contributed by atoms with Gasteiger partial charge in [0.15, 0.2) is 0 Å². The number of benzene rings is 2. The van der Waals surface area contributed by atoms with Crippen molar-refractivity contribution in [3.05, 3.63) is 65.0 Å². The summed E-state index contributed by atoms with van der Waals surface area (Å²) in [5.41, 5.74) is 3.90. The zero-order valence-electron chi connectivity index (χ0n) is 13.4. The number of rotatable bonds is 3. The Morgan fingerprint density at radius 3 is 2.91 bits per heavy atom. The van der Waals surface area contributed by atoms with Gasteiger partial charge in [0.25, 0.3) is 0 Å². The standard InChI is InChI=1S/C20H22FNO/c1-23-20-7-3-6-15-17(20)9-8-16-18(15)12-22-19(16)11-13-4-2-5-14(21)10-13/h2-7,10,16,18-19,22H,8-9,11-12H2,1H3. The minimum Gasteiger partial charge on any atom is -0.496 e. The van der Waals surface area contributed by atoms with Crippen molar-refractivity contribution in [3.63, 3.8) is 0 Å². The molecule has 1 saturated heterocycles. The van der Waals surface area contributed by atoms with E-state index in [1.165, 1.54) is 23.6 Å². The molecule has 3 heteroatoms. The summed E-state index contributed by atoms with van der Waals surface area (Å²) >= 11 is 0. The van der Waals surface area contributed by atoms with Crippen molar-refractivity contribution < 1.29 is 9.13 Å². The molecule has 4 rings (SSSR count). The van der Waals surface area contributed by atoms with E-state index >= 15 is 0 Å². The van der Waals surface area contributed by atoms with Gasteiger partial charge >= 0.3 is 0 Å². The molecule has 3 atom stereocenters. The fraction of sp³-hybridized carbons (Fsp3) is 0.400. The van der Waals surface area contributed by atoms with Gasteiger partial charge < -0.3 is 10.1 Å². The fourth-order valence-corrected chi connectivity index (χ4v) is 4.45. The van der Waals surface area contributed by atoms with E-state index < -0.39 is 0 Å². The highest BCUT2D eigenvalue weighted by Crippen LogP contribution is 2.44. The normalized spacial score (nSPS) is 25.7. The molecule has 0 spiro atoms. The van der Waals surface area contributed by atoms with Gasteiger partial charge in [-0.15, -0.1) is 0 Å². The van der Waals surface area contributed by atoms with Gasteiger partial charge in [-0.1, -0.05) is 24.3 Å². The largest absolute Gasteiger partial charge is 0.496 e. The number of hydrogen-bond acceptors (Lipinski definition) is 2. The van der Waals surface area contributed by atoms with Crippen molar-refractivity contribution in [1.29, 1.82) is 0 Å². The molecule has 1 N–H and O–H groups in total. The van der Waals surface area contributed by atoms with E-state index in [1.807, 2.05) is 6.07 Å². The summed E-state index contributed by atoms with van der Waals surface area (Å²) in [5, 5.41) is 3.68. The van der Waals surface area contributed by atoms with E-state index in [4.69, 9.17) is 4.74 Å². The molecule has 0 amide bonds. The molecule has 1 heterocycles. The Labute approximate surface area is 136 Å². The molecule has 0 radical (unpaired) electrons. The van der Waals surface area contributed by atoms with E-state index in [2.05, 4.69) is 23.5 Å². The molecule has 2 aromatic carbocycles. The summed E-state index contributed by atoms with van der Waals surface area (Å²) in [7, 11) is 1.75. The second-order valence-corrected chi connectivity index (χ2v) is 6.69. The van der Waals surface area contributed by atoms with Gasteiger partial charge in [-0.2, -0.15) is 0 Å². The molecule has 120 valence electrons. The first-order valence-electron chi connectivity index (χ1n) is 8.40. The monoisotopic (exact) mass is 311 g/mol. The summed E-state index contributed by atoms with van der Waals surface area (Å²) in [5.74, 6) is 2.05. The van der Waals surface area contributed by atoms with Crippen LogP contribution in [0.15, 0.2) is 42.5 Å². The van der Waals surface area contributed by atoms with Gasteiger partial charge in [-0.25, -0.2) is 4.39 Å². The molecule has 0 bridgehead atoms. The highest BCUT2D eigenvalue weighted by Gasteiger charge is 2.40. The third-order valence-electron chi connectivity index (χ3n) is 5.49. The van der Waals surface area contributed by atoms with E-state index in [9.17, 15) is 4.39 Å². The van der Waals surface area contributed by atoms with Crippen LogP contribution in [-0.4, -0.2) is 19.7 Å². The molecule has 0 aromatic heterocycles. The number of fused-ring (bicyclic) bond motifs is 3. The van der Waals surface area contributed by atoms with Crippen LogP contribution < -0.4 is 10.1 Å². The second kappa shape index (κ2) is 5.97. The predicted octanol–water partition coefficient (Wildman–Crippen LogP) is 3.69. The fourth-order valence-electron chi connectivity index (χ4n) is 4.45. The number of methoxy groups -OCH3 is 1. The van der Waals surface area contributed by atoms with Gasteiger partial charge in [0.2, 0.25) is 0 Å². The van der Waals surface area contributed by atoms with Crippen LogP contribution in [0.5, 0.6) is 5.75 Å². The average molecular weight is 311 g/mol. The lowest BCUT2D eigenvalue weighted by molar-refractivity contribution is 0.358. The number of ether oxygens (including phenoxy) is 1. The van der Waals surface area contributed by atoms with Crippen LogP contribution in [0.25, 0.3) is 0 Å². The lowest BCUT2D eigenvalue weighted by Crippen LogP contribution is -2.31. The quantitative estimate of drug-likeness (QED) is 0.933. The SMILES string of the molecule is COc1cccc2c1CCC1C(Cc3cccc(F)c3)NCC21. The van der Waals surface area contributed by atoms with Gasteiger partial charge in [0.05, 0.1) is 7.11 Å². The highest BCUT2D eigenvalue weighted by molar-refractivity contribution is 5.45. The van der Waals surface area contributed by atoms with Crippen molar-refractivity contribution >= 4 is 0 Å². The third kappa shape index (κ3) is 2.63. The minimum atomic E-state index is -0.143. The molecule has 1 aliphatic carbocycles. The Morgan fingerprint density at radius 2 is 2.09 bits per heavy atom. The van der Waals surface area contributed by atoms with Crippen LogP contribution in [0, 0.1) is 11.7 Å². The molecule has 3 unspecified atom stereocenters. The van der Waals surface area contributed by atoms with Gasteiger partial charge in [-0.05, 0) is 60.1 Å². The van der Waals surface area contributed by atoms with Crippen LogP contribution in [0.4, 0.5) is 4.39 Å². The summed E-state index contributed by atoms with van der Waals surface area (Å²) in [6.07, 6.45) is 3.14. The molecule has 2 aromatic rings. The molecular formula is C20H22FNO. The lowest BCUT2D eigenvalue weighted by atomic mass is 9.73. The average Bonchev–Trinajstić information content (AvgIpc) is 2.97. The molecule has 2 nitrogen and oxygen atoms in total. The summed E-state index contributed by atoms with van der Waals surface area (Å²) in [4.78, 5) is 0. The first kappa shape index (κ1) is 14.7. The van der Waals surface area contributed by atoms with E-state index in [-0.39, 0.29) is 5.82 Å². The van der Waals surface area contributed by atoms with Crippen LogP contribution in [0.3, 0.4) is 0 Å². The Hall–Kier alpha value is -1.87. The Kier molecular flexibility index (Phi) is 3.82. The molecule has 23 heavy (non-hydrogen) atoms. The van der Waals surface area contributed by atoms with Gasteiger partial charge in [0, 0.05) is 18.5 Å². The predicted molar refractivity (Wildman–Crippen MR) is 89.4 cm³/mol. The van der Waals surface area contributed by atoms with Crippen LogP contribution in [0.1, 0.15) is 29.0 Å². The zero-order valence-corrected chi connectivity index (χ0v) is 13.4. The maximum atomic E-state index is 13.4. The minimum absolute atomic E-state index is 0.143. The van der Waals surface area contributed by atoms with E-state index in [1.54, 1.807) is 19.2 Å². The molecule has 0 saturated carbocycles. The first-order valence-corrected chi connectivity index (χ1v) is 8.40. The highest BCUT2D eigenvalue weighted by atomic mass is 19.1.